The topological polar surface area (TPSA) is 71.4 Å². The zero-order valence-electron chi connectivity index (χ0n) is 19.6. The molecule has 1 aromatic heterocycles. The minimum absolute atomic E-state index is 0.210. The average molecular weight is 456 g/mol. The Hall–Kier alpha value is -3.67. The summed E-state index contributed by atoms with van der Waals surface area (Å²) < 4.78 is 2.20. The summed E-state index contributed by atoms with van der Waals surface area (Å²) in [5.74, 6) is -0.562. The van der Waals surface area contributed by atoms with E-state index in [9.17, 15) is 14.4 Å². The van der Waals surface area contributed by atoms with Crippen molar-refractivity contribution in [3.05, 3.63) is 94.8 Å². The van der Waals surface area contributed by atoms with Gasteiger partial charge in [0.1, 0.15) is 5.54 Å². The van der Waals surface area contributed by atoms with Gasteiger partial charge in [-0.05, 0) is 43.9 Å². The molecule has 2 aromatic carbocycles. The smallest absolute Gasteiger partial charge is 0.325 e. The van der Waals surface area contributed by atoms with Crippen LogP contribution in [0.25, 0.3) is 0 Å². The van der Waals surface area contributed by atoms with Crippen molar-refractivity contribution >= 4 is 17.7 Å². The molecular formula is C28H29N3O3. The van der Waals surface area contributed by atoms with E-state index in [0.29, 0.717) is 24.4 Å². The van der Waals surface area contributed by atoms with Crippen molar-refractivity contribution in [3.63, 3.8) is 0 Å². The molecule has 0 unspecified atom stereocenters. The van der Waals surface area contributed by atoms with E-state index in [1.165, 1.54) is 0 Å². The SMILES string of the molecule is Cc1cc(C(=O)CN2C(=O)NC(Cc3ccccc3)(Cc3ccccc3)C2=O)c(C)n1C1CC1. The molecule has 0 atom stereocenters. The van der Waals surface area contributed by atoms with Crippen LogP contribution in [0.5, 0.6) is 0 Å². The molecular weight excluding hydrogens is 426 g/mol. The Morgan fingerprint density at radius 1 is 0.941 bits per heavy atom. The second kappa shape index (κ2) is 8.60. The zero-order valence-corrected chi connectivity index (χ0v) is 19.6. The molecule has 2 aliphatic rings. The molecule has 2 fully saturated rings. The van der Waals surface area contributed by atoms with E-state index < -0.39 is 11.6 Å². The molecule has 1 saturated heterocycles. The van der Waals surface area contributed by atoms with Crippen LogP contribution in [0.4, 0.5) is 4.79 Å². The predicted molar refractivity (Wildman–Crippen MR) is 130 cm³/mol. The van der Waals surface area contributed by atoms with Crippen molar-refractivity contribution in [1.82, 2.24) is 14.8 Å². The third kappa shape index (κ3) is 4.04. The van der Waals surface area contributed by atoms with E-state index in [0.717, 1.165) is 40.3 Å². The summed E-state index contributed by atoms with van der Waals surface area (Å²) >= 11 is 0. The van der Waals surface area contributed by atoms with Crippen LogP contribution in [0.3, 0.4) is 0 Å². The number of urea groups is 1. The molecule has 6 nitrogen and oxygen atoms in total. The maximum atomic E-state index is 13.8. The molecule has 1 saturated carbocycles. The van der Waals surface area contributed by atoms with Crippen molar-refractivity contribution in [1.29, 1.82) is 0 Å². The van der Waals surface area contributed by atoms with Crippen LogP contribution in [0.2, 0.25) is 0 Å². The molecule has 1 aliphatic heterocycles. The molecule has 34 heavy (non-hydrogen) atoms. The fraction of sp³-hybridized carbons (Fsp3) is 0.321. The molecule has 1 aliphatic carbocycles. The Morgan fingerprint density at radius 3 is 2.03 bits per heavy atom. The second-order valence-corrected chi connectivity index (χ2v) is 9.54. The summed E-state index contributed by atoms with van der Waals surface area (Å²) in [6.45, 7) is 3.69. The van der Waals surface area contributed by atoms with Gasteiger partial charge in [0.25, 0.3) is 5.91 Å². The molecule has 0 radical (unpaired) electrons. The summed E-state index contributed by atoms with van der Waals surface area (Å²) in [6.07, 6.45) is 2.96. The van der Waals surface area contributed by atoms with Gasteiger partial charge in [-0.25, -0.2) is 4.79 Å². The van der Waals surface area contributed by atoms with Crippen molar-refractivity contribution in [2.75, 3.05) is 6.54 Å². The molecule has 1 N–H and O–H groups in total. The highest BCUT2D eigenvalue weighted by atomic mass is 16.2. The number of hydrogen-bond donors (Lipinski definition) is 1. The van der Waals surface area contributed by atoms with Crippen molar-refractivity contribution in [2.45, 2.75) is 51.1 Å². The predicted octanol–water partition coefficient (Wildman–Crippen LogP) is 4.40. The van der Waals surface area contributed by atoms with Gasteiger partial charge in [-0.3, -0.25) is 14.5 Å². The van der Waals surface area contributed by atoms with E-state index in [1.54, 1.807) is 0 Å². The summed E-state index contributed by atoms with van der Waals surface area (Å²) in [5, 5.41) is 2.96. The summed E-state index contributed by atoms with van der Waals surface area (Å²) in [4.78, 5) is 41.2. The Morgan fingerprint density at radius 2 is 1.50 bits per heavy atom. The number of amides is 3. The third-order valence-electron chi connectivity index (χ3n) is 6.94. The first-order chi connectivity index (χ1) is 16.4. The third-order valence-corrected chi connectivity index (χ3v) is 6.94. The lowest BCUT2D eigenvalue weighted by Crippen LogP contribution is -2.51. The molecule has 174 valence electrons. The van der Waals surface area contributed by atoms with Gasteiger partial charge in [0.2, 0.25) is 0 Å². The van der Waals surface area contributed by atoms with Gasteiger partial charge in [-0.2, -0.15) is 0 Å². The highest BCUT2D eigenvalue weighted by Gasteiger charge is 2.51. The minimum Gasteiger partial charge on any atom is -0.345 e. The Labute approximate surface area is 199 Å². The number of Topliss-reactive ketones (excluding diaryl/α,β-unsaturated/α-hetero) is 1. The zero-order chi connectivity index (χ0) is 23.9. The van der Waals surface area contributed by atoms with Gasteiger partial charge in [0.15, 0.2) is 5.78 Å². The van der Waals surface area contributed by atoms with Crippen LogP contribution in [0.1, 0.15) is 51.8 Å². The standard InChI is InChI=1S/C28H29N3O3/c1-19-15-24(20(2)31(19)23-13-14-23)25(32)18-30-26(33)28(29-27(30)34,16-21-9-5-3-6-10-21)17-22-11-7-4-8-12-22/h3-12,15,23H,13-14,16-18H2,1-2H3,(H,29,34). The first-order valence-corrected chi connectivity index (χ1v) is 11.8. The van der Waals surface area contributed by atoms with E-state index in [1.807, 2.05) is 80.6 Å². The second-order valence-electron chi connectivity index (χ2n) is 9.54. The number of aryl methyl sites for hydroxylation is 1. The number of carbonyl (C=O) groups is 3. The van der Waals surface area contributed by atoms with Gasteiger partial charge in [0.05, 0.1) is 6.54 Å². The number of carbonyl (C=O) groups excluding carboxylic acids is 3. The van der Waals surface area contributed by atoms with E-state index >= 15 is 0 Å². The molecule has 0 bridgehead atoms. The first-order valence-electron chi connectivity index (χ1n) is 11.8. The van der Waals surface area contributed by atoms with Crippen LogP contribution in [-0.2, 0) is 17.6 Å². The largest absolute Gasteiger partial charge is 0.345 e. The van der Waals surface area contributed by atoms with E-state index in [2.05, 4.69) is 9.88 Å². The molecule has 5 rings (SSSR count). The average Bonchev–Trinajstić information content (AvgIpc) is 3.57. The lowest BCUT2D eigenvalue weighted by molar-refractivity contribution is -0.131. The summed E-state index contributed by atoms with van der Waals surface area (Å²) in [7, 11) is 0. The minimum atomic E-state index is -1.13. The normalized spacial score (nSPS) is 17.2. The van der Waals surface area contributed by atoms with Gasteiger partial charge in [0, 0.05) is 35.8 Å². The lowest BCUT2D eigenvalue weighted by atomic mass is 9.84. The molecule has 0 spiro atoms. The van der Waals surface area contributed by atoms with Crippen molar-refractivity contribution < 1.29 is 14.4 Å². The number of hydrogen-bond acceptors (Lipinski definition) is 3. The number of nitrogens with zero attached hydrogens (tertiary/aromatic N) is 2. The lowest BCUT2D eigenvalue weighted by Gasteiger charge is -2.27. The monoisotopic (exact) mass is 455 g/mol. The van der Waals surface area contributed by atoms with Gasteiger partial charge >= 0.3 is 6.03 Å². The maximum Gasteiger partial charge on any atom is 0.325 e. The van der Waals surface area contributed by atoms with Crippen LogP contribution >= 0.6 is 0 Å². The fourth-order valence-corrected chi connectivity index (χ4v) is 5.19. The first kappa shape index (κ1) is 22.1. The Bertz CT molecular complexity index is 1200. The summed E-state index contributed by atoms with van der Waals surface area (Å²) in [6, 6.07) is 21.2. The van der Waals surface area contributed by atoms with Gasteiger partial charge in [-0.1, -0.05) is 60.7 Å². The number of imide groups is 1. The van der Waals surface area contributed by atoms with Crippen molar-refractivity contribution in [3.8, 4) is 0 Å². The van der Waals surface area contributed by atoms with Crippen LogP contribution in [0, 0.1) is 13.8 Å². The molecule has 6 heteroatoms. The summed E-state index contributed by atoms with van der Waals surface area (Å²) in [5.41, 5.74) is 3.32. The number of benzene rings is 2. The quantitative estimate of drug-likeness (QED) is 0.404. The number of rotatable bonds is 8. The number of aromatic nitrogens is 1. The maximum absolute atomic E-state index is 13.8. The van der Waals surface area contributed by atoms with Crippen LogP contribution in [-0.4, -0.2) is 39.3 Å². The van der Waals surface area contributed by atoms with Crippen LogP contribution < -0.4 is 5.32 Å². The Kier molecular flexibility index (Phi) is 5.60. The molecule has 3 amide bonds. The van der Waals surface area contributed by atoms with Crippen LogP contribution in [0.15, 0.2) is 66.7 Å². The highest BCUT2D eigenvalue weighted by molar-refractivity contribution is 6.11. The van der Waals surface area contributed by atoms with E-state index in [4.69, 9.17) is 0 Å². The van der Waals surface area contributed by atoms with Crippen molar-refractivity contribution in [2.24, 2.45) is 0 Å². The molecule has 3 aromatic rings. The van der Waals surface area contributed by atoms with Gasteiger partial charge in [-0.15, -0.1) is 0 Å². The molecule has 2 heterocycles. The van der Waals surface area contributed by atoms with E-state index in [-0.39, 0.29) is 18.2 Å². The highest BCUT2D eigenvalue weighted by Crippen LogP contribution is 2.38. The fourth-order valence-electron chi connectivity index (χ4n) is 5.19. The van der Waals surface area contributed by atoms with Gasteiger partial charge < -0.3 is 9.88 Å². The number of nitrogens with one attached hydrogen (secondary N) is 1. The number of ketones is 1. The Balaban J connectivity index is 1.43.